The van der Waals surface area contributed by atoms with Crippen LogP contribution >= 0.6 is 11.8 Å². The van der Waals surface area contributed by atoms with Gasteiger partial charge in [-0.15, -0.1) is 0 Å². The summed E-state index contributed by atoms with van der Waals surface area (Å²) in [5.74, 6) is -1.33. The lowest BCUT2D eigenvalue weighted by molar-refractivity contribution is -0.307. The zero-order valence-corrected chi connectivity index (χ0v) is 17.1. The van der Waals surface area contributed by atoms with Crippen LogP contribution in [0.1, 0.15) is 11.1 Å². The van der Waals surface area contributed by atoms with Gasteiger partial charge in [0.15, 0.2) is 16.7 Å². The molecule has 2 aromatic carbocycles. The van der Waals surface area contributed by atoms with Gasteiger partial charge in [0, 0.05) is 5.41 Å². The van der Waals surface area contributed by atoms with Crippen molar-refractivity contribution >= 4 is 46.4 Å². The molecule has 0 radical (unpaired) electrons. The van der Waals surface area contributed by atoms with Gasteiger partial charge < -0.3 is 19.4 Å². The fourth-order valence-corrected chi connectivity index (χ4v) is 4.00. The van der Waals surface area contributed by atoms with E-state index in [-0.39, 0.29) is 22.9 Å². The molecule has 8 nitrogen and oxygen atoms in total. The number of thioether (sulfide) groups is 1. The summed E-state index contributed by atoms with van der Waals surface area (Å²) in [6.07, 6.45) is 1.54. The maximum Gasteiger partial charge on any atom is 0.283 e. The summed E-state index contributed by atoms with van der Waals surface area (Å²) in [6, 6.07) is 14.3. The first kappa shape index (κ1) is 20.4. The van der Waals surface area contributed by atoms with Crippen LogP contribution in [0.25, 0.3) is 11.8 Å². The summed E-state index contributed by atoms with van der Waals surface area (Å²) in [5, 5.41) is 21.6. The number of methoxy groups -OCH3 is 1. The minimum atomic E-state index is -1.35. The summed E-state index contributed by atoms with van der Waals surface area (Å²) in [6.45, 7) is -0.612. The Hall–Kier alpha value is -3.85. The maximum atomic E-state index is 12.6. The van der Waals surface area contributed by atoms with Crippen LogP contribution in [0.2, 0.25) is 0 Å². The Kier molecular flexibility index (Phi) is 5.59. The van der Waals surface area contributed by atoms with Crippen LogP contribution in [-0.4, -0.2) is 41.5 Å². The molecule has 0 fully saturated rings. The minimum absolute atomic E-state index is 0.0198. The number of amides is 1. The van der Waals surface area contributed by atoms with Gasteiger partial charge in [0.25, 0.3) is 5.91 Å². The number of amidine groups is 2. The summed E-state index contributed by atoms with van der Waals surface area (Å²) >= 11 is 1.30. The number of nitrogens with zero attached hydrogens (tertiary/aromatic N) is 2. The van der Waals surface area contributed by atoms with E-state index in [4.69, 9.17) is 14.9 Å². The van der Waals surface area contributed by atoms with E-state index >= 15 is 0 Å². The fourth-order valence-electron chi connectivity index (χ4n) is 3.11. The summed E-state index contributed by atoms with van der Waals surface area (Å²) in [4.78, 5) is 29.0. The van der Waals surface area contributed by atoms with Crippen molar-refractivity contribution in [2.24, 2.45) is 4.99 Å². The number of hydrogen-bond acceptors (Lipinski definition) is 7. The number of benzene rings is 2. The topological polar surface area (TPSA) is 115 Å². The van der Waals surface area contributed by atoms with E-state index in [2.05, 4.69) is 4.99 Å². The molecule has 0 spiro atoms. The number of ether oxygens (including phenoxy) is 2. The number of nitrogens with one attached hydrogen (secondary N) is 1. The van der Waals surface area contributed by atoms with Crippen molar-refractivity contribution in [3.63, 3.8) is 0 Å². The molecule has 2 aromatic rings. The summed E-state index contributed by atoms with van der Waals surface area (Å²) < 4.78 is 10.4. The van der Waals surface area contributed by atoms with Gasteiger partial charge in [-0.3, -0.25) is 15.1 Å². The Bertz CT molecular complexity index is 1170. The van der Waals surface area contributed by atoms with Crippen molar-refractivity contribution in [1.29, 1.82) is 5.41 Å². The molecule has 0 bridgehead atoms. The molecule has 156 valence electrons. The first-order valence-electron chi connectivity index (χ1n) is 9.14. The number of aliphatic carboxylic acids is 1. The van der Waals surface area contributed by atoms with E-state index in [1.165, 1.54) is 24.9 Å². The van der Waals surface area contributed by atoms with E-state index in [9.17, 15) is 14.7 Å². The van der Waals surface area contributed by atoms with E-state index in [0.717, 1.165) is 11.3 Å². The molecule has 2 aliphatic heterocycles. The smallest absolute Gasteiger partial charge is 0.283 e. The van der Waals surface area contributed by atoms with Crippen LogP contribution in [0.4, 0.5) is 0 Å². The van der Waals surface area contributed by atoms with Crippen molar-refractivity contribution in [2.45, 2.75) is 0 Å². The third-order valence-corrected chi connectivity index (χ3v) is 5.35. The van der Waals surface area contributed by atoms with Gasteiger partial charge in [0.2, 0.25) is 0 Å². The van der Waals surface area contributed by atoms with Crippen LogP contribution < -0.4 is 14.6 Å². The second-order valence-electron chi connectivity index (χ2n) is 6.50. The monoisotopic (exact) mass is 434 g/mol. The Balaban J connectivity index is 1.66. The lowest BCUT2D eigenvalue weighted by Crippen LogP contribution is -2.38. The highest BCUT2D eigenvalue weighted by Gasteiger charge is 2.36. The van der Waals surface area contributed by atoms with Crippen LogP contribution in [0.15, 0.2) is 64.5 Å². The molecule has 0 atom stereocenters. The highest BCUT2D eigenvalue weighted by molar-refractivity contribution is 8.17. The normalized spacial score (nSPS) is 16.7. The Labute approximate surface area is 182 Å². The SMILES string of the molecule is COc1cc(/C=C2/C(=N)N3C(c4ccccc4)=CSC3=NC2=O)ccc1OCC(=O)[O-]. The second kappa shape index (κ2) is 8.49. The van der Waals surface area contributed by atoms with E-state index in [1.807, 2.05) is 35.7 Å². The number of carboxylic acid groups (broad SMARTS) is 1. The third kappa shape index (κ3) is 4.08. The number of carbonyl (C=O) groups excluding carboxylic acids is 2. The molecule has 4 rings (SSSR count). The van der Waals surface area contributed by atoms with E-state index in [1.54, 1.807) is 23.1 Å². The van der Waals surface area contributed by atoms with Crippen molar-refractivity contribution in [3.05, 3.63) is 70.6 Å². The summed E-state index contributed by atoms with van der Waals surface area (Å²) in [7, 11) is 1.42. The van der Waals surface area contributed by atoms with Gasteiger partial charge in [-0.1, -0.05) is 48.2 Å². The molecule has 0 saturated carbocycles. The number of rotatable bonds is 6. The lowest BCUT2D eigenvalue weighted by atomic mass is 10.1. The van der Waals surface area contributed by atoms with Gasteiger partial charge in [-0.25, -0.2) is 0 Å². The van der Waals surface area contributed by atoms with Gasteiger partial charge in [-0.2, -0.15) is 4.99 Å². The zero-order valence-electron chi connectivity index (χ0n) is 16.3. The number of fused-ring (bicyclic) bond motifs is 1. The van der Waals surface area contributed by atoms with Crippen molar-refractivity contribution in [1.82, 2.24) is 4.90 Å². The van der Waals surface area contributed by atoms with E-state index < -0.39 is 18.5 Å². The Morgan fingerprint density at radius 2 is 2.00 bits per heavy atom. The lowest BCUT2D eigenvalue weighted by Gasteiger charge is -2.27. The predicted octanol–water partition coefficient (Wildman–Crippen LogP) is 2.13. The zero-order chi connectivity index (χ0) is 22.0. The molecular formula is C22H16N3O5S-. The van der Waals surface area contributed by atoms with Crippen LogP contribution in [0, 0.1) is 5.41 Å². The molecule has 31 heavy (non-hydrogen) atoms. The highest BCUT2D eigenvalue weighted by Crippen LogP contribution is 2.37. The van der Waals surface area contributed by atoms with Crippen molar-refractivity contribution in [2.75, 3.05) is 13.7 Å². The standard InChI is InChI=1S/C22H17N3O5S/c1-29-18-10-13(7-8-17(18)30-11-19(26)27)9-15-20(23)25-16(14-5-3-2-4-6-14)12-31-22(25)24-21(15)28/h2-10,12,23H,11H2,1H3,(H,26,27)/p-1/b15-9-,23-20?. The fraction of sp³-hybridized carbons (Fsp3) is 0.0909. The minimum Gasteiger partial charge on any atom is -0.546 e. The highest BCUT2D eigenvalue weighted by atomic mass is 32.2. The van der Waals surface area contributed by atoms with Gasteiger partial charge in [-0.05, 0) is 29.3 Å². The maximum absolute atomic E-state index is 12.6. The van der Waals surface area contributed by atoms with Crippen LogP contribution in [0.3, 0.4) is 0 Å². The molecule has 1 N–H and O–H groups in total. The molecule has 0 aromatic heterocycles. The number of carboxylic acids is 1. The van der Waals surface area contributed by atoms with Crippen LogP contribution in [-0.2, 0) is 9.59 Å². The average Bonchev–Trinajstić information content (AvgIpc) is 3.20. The van der Waals surface area contributed by atoms with Gasteiger partial charge in [0.1, 0.15) is 12.4 Å². The molecule has 9 heteroatoms. The quantitative estimate of drug-likeness (QED) is 0.693. The largest absolute Gasteiger partial charge is 0.546 e. The first-order chi connectivity index (χ1) is 15.0. The second-order valence-corrected chi connectivity index (χ2v) is 7.34. The predicted molar refractivity (Wildman–Crippen MR) is 115 cm³/mol. The third-order valence-electron chi connectivity index (χ3n) is 4.53. The van der Waals surface area contributed by atoms with Crippen molar-refractivity contribution in [3.8, 4) is 11.5 Å². The first-order valence-corrected chi connectivity index (χ1v) is 10.0. The number of hydrogen-bond donors (Lipinski definition) is 1. The molecule has 1 amide bonds. The number of carbonyl (C=O) groups is 2. The Morgan fingerprint density at radius 3 is 2.71 bits per heavy atom. The molecule has 0 saturated heterocycles. The number of aliphatic imine (C=N–C) groups is 1. The summed E-state index contributed by atoms with van der Waals surface area (Å²) in [5.41, 5.74) is 2.38. The van der Waals surface area contributed by atoms with Crippen molar-refractivity contribution < 1.29 is 24.2 Å². The molecule has 0 unspecified atom stereocenters. The molecular weight excluding hydrogens is 418 g/mol. The Morgan fingerprint density at radius 1 is 1.23 bits per heavy atom. The molecule has 2 heterocycles. The van der Waals surface area contributed by atoms with E-state index in [0.29, 0.717) is 10.7 Å². The van der Waals surface area contributed by atoms with Gasteiger partial charge >= 0.3 is 0 Å². The average molecular weight is 434 g/mol. The molecule has 0 aliphatic carbocycles. The van der Waals surface area contributed by atoms with Crippen LogP contribution in [0.5, 0.6) is 11.5 Å². The van der Waals surface area contributed by atoms with Gasteiger partial charge in [0.05, 0.1) is 24.3 Å². The molecule has 2 aliphatic rings.